The van der Waals surface area contributed by atoms with Crippen LogP contribution in [0.1, 0.15) is 72.6 Å². The molecule has 4 aliphatic rings. The molecule has 2 atom stereocenters. The number of rotatable bonds is 7. The van der Waals surface area contributed by atoms with Gasteiger partial charge in [0.1, 0.15) is 5.60 Å². The zero-order chi connectivity index (χ0) is 18.2. The van der Waals surface area contributed by atoms with Crippen molar-refractivity contribution in [3.8, 4) is 0 Å². The van der Waals surface area contributed by atoms with Crippen molar-refractivity contribution in [3.63, 3.8) is 0 Å². The molecule has 0 heterocycles. The zero-order valence-corrected chi connectivity index (χ0v) is 16.3. The monoisotopic (exact) mass is 350 g/mol. The number of esters is 2. The summed E-state index contributed by atoms with van der Waals surface area (Å²) in [6, 6.07) is 0. The third kappa shape index (κ3) is 3.33. The highest BCUT2D eigenvalue weighted by Gasteiger charge is 2.61. The van der Waals surface area contributed by atoms with Gasteiger partial charge in [0.05, 0.1) is 5.92 Å². The predicted octanol–water partition coefficient (Wildman–Crippen LogP) is 4.36. The highest BCUT2D eigenvalue weighted by atomic mass is 16.6. The predicted molar refractivity (Wildman–Crippen MR) is 95.7 cm³/mol. The molecule has 0 aliphatic heterocycles. The second kappa shape index (κ2) is 7.28. The molecule has 0 aromatic heterocycles. The lowest BCUT2D eigenvalue weighted by Gasteiger charge is -2.62. The topological polar surface area (TPSA) is 52.6 Å². The van der Waals surface area contributed by atoms with Crippen molar-refractivity contribution in [1.82, 2.24) is 0 Å². The molecule has 4 bridgehead atoms. The van der Waals surface area contributed by atoms with Gasteiger partial charge in [-0.05, 0) is 74.5 Å². The average Bonchev–Trinajstić information content (AvgIpc) is 2.60. The van der Waals surface area contributed by atoms with Crippen LogP contribution >= 0.6 is 0 Å². The van der Waals surface area contributed by atoms with Gasteiger partial charge >= 0.3 is 11.9 Å². The van der Waals surface area contributed by atoms with Crippen LogP contribution < -0.4 is 0 Å². The number of hydrogen-bond donors (Lipinski definition) is 0. The second-order valence-electron chi connectivity index (χ2n) is 8.86. The van der Waals surface area contributed by atoms with Crippen molar-refractivity contribution in [1.29, 1.82) is 0 Å². The molecule has 0 saturated heterocycles. The molecule has 2 unspecified atom stereocenters. The number of carbonyl (C=O) groups is 2. The Labute approximate surface area is 152 Å². The molecule has 4 heteroatoms. The van der Waals surface area contributed by atoms with Crippen molar-refractivity contribution >= 4 is 11.9 Å². The van der Waals surface area contributed by atoms with Gasteiger partial charge < -0.3 is 9.47 Å². The van der Waals surface area contributed by atoms with E-state index >= 15 is 0 Å². The van der Waals surface area contributed by atoms with Crippen LogP contribution in [0.2, 0.25) is 0 Å². The summed E-state index contributed by atoms with van der Waals surface area (Å²) in [4.78, 5) is 24.4. The SMILES string of the molecule is CCC(C)C(=O)OCC(=O)OC1(C(C)CC)C2CC3CC(C2)CC1C3. The largest absolute Gasteiger partial charge is 0.456 e. The van der Waals surface area contributed by atoms with Gasteiger partial charge in [0.25, 0.3) is 0 Å². The standard InChI is InChI=1S/C21H34O4/c1-5-13(3)20(23)24-12-19(22)25-21(14(4)6-2)17-8-15-7-16(10-17)11-18(21)9-15/h13-18H,5-12H2,1-4H3. The van der Waals surface area contributed by atoms with Gasteiger partial charge in [0, 0.05) is 0 Å². The van der Waals surface area contributed by atoms with E-state index in [1.54, 1.807) is 0 Å². The molecule has 0 N–H and O–H groups in total. The van der Waals surface area contributed by atoms with Crippen LogP contribution in [0.15, 0.2) is 0 Å². The van der Waals surface area contributed by atoms with E-state index < -0.39 is 0 Å². The van der Waals surface area contributed by atoms with Crippen molar-refractivity contribution in [2.45, 2.75) is 78.2 Å². The number of hydrogen-bond acceptors (Lipinski definition) is 4. The summed E-state index contributed by atoms with van der Waals surface area (Å²) in [6.45, 7) is 7.95. The minimum atomic E-state index is -0.357. The molecule has 4 saturated carbocycles. The minimum absolute atomic E-state index is 0.169. The number of ether oxygens (including phenoxy) is 2. The van der Waals surface area contributed by atoms with Gasteiger partial charge in [0.15, 0.2) is 6.61 Å². The van der Waals surface area contributed by atoms with E-state index in [-0.39, 0.29) is 30.1 Å². The van der Waals surface area contributed by atoms with Gasteiger partial charge in [0.2, 0.25) is 0 Å². The quantitative estimate of drug-likeness (QED) is 0.640. The fraction of sp³-hybridized carbons (Fsp3) is 0.905. The Kier molecular flexibility index (Phi) is 5.45. The molecule has 0 aromatic rings. The molecule has 0 radical (unpaired) electrons. The molecule has 4 aliphatic carbocycles. The Hall–Kier alpha value is -1.06. The first-order valence-electron chi connectivity index (χ1n) is 10.3. The van der Waals surface area contributed by atoms with Crippen LogP contribution in [0.3, 0.4) is 0 Å². The molecule has 25 heavy (non-hydrogen) atoms. The minimum Gasteiger partial charge on any atom is -0.456 e. The molecule has 4 fully saturated rings. The van der Waals surface area contributed by atoms with E-state index in [0.717, 1.165) is 24.7 Å². The molecule has 0 spiro atoms. The highest BCUT2D eigenvalue weighted by Crippen LogP contribution is 2.62. The molecule has 142 valence electrons. The van der Waals surface area contributed by atoms with Crippen molar-refractivity contribution in [3.05, 3.63) is 0 Å². The Bertz CT molecular complexity index is 484. The molecular formula is C21H34O4. The van der Waals surface area contributed by atoms with E-state index in [2.05, 4.69) is 13.8 Å². The molecule has 0 amide bonds. The van der Waals surface area contributed by atoms with E-state index in [1.807, 2.05) is 13.8 Å². The first-order chi connectivity index (χ1) is 11.9. The van der Waals surface area contributed by atoms with E-state index in [0.29, 0.717) is 17.8 Å². The third-order valence-corrected chi connectivity index (χ3v) is 7.43. The summed E-state index contributed by atoms with van der Waals surface area (Å²) in [5, 5.41) is 0. The number of carbonyl (C=O) groups excluding carboxylic acids is 2. The van der Waals surface area contributed by atoms with E-state index in [1.165, 1.54) is 32.1 Å². The molecular weight excluding hydrogens is 316 g/mol. The third-order valence-electron chi connectivity index (χ3n) is 7.43. The fourth-order valence-corrected chi connectivity index (χ4v) is 5.98. The lowest BCUT2D eigenvalue weighted by Crippen LogP contribution is -2.62. The van der Waals surface area contributed by atoms with Gasteiger partial charge in [-0.2, -0.15) is 0 Å². The molecule has 4 rings (SSSR count). The summed E-state index contributed by atoms with van der Waals surface area (Å²) in [5.41, 5.74) is -0.331. The summed E-state index contributed by atoms with van der Waals surface area (Å²) < 4.78 is 11.4. The van der Waals surface area contributed by atoms with Gasteiger partial charge in [-0.3, -0.25) is 4.79 Å². The summed E-state index contributed by atoms with van der Waals surface area (Å²) in [7, 11) is 0. The highest BCUT2D eigenvalue weighted by molar-refractivity contribution is 5.77. The van der Waals surface area contributed by atoms with E-state index in [4.69, 9.17) is 9.47 Å². The lowest BCUT2D eigenvalue weighted by atomic mass is 9.47. The van der Waals surface area contributed by atoms with Crippen molar-refractivity contribution in [2.24, 2.45) is 35.5 Å². The van der Waals surface area contributed by atoms with Crippen LogP contribution in [0, 0.1) is 35.5 Å². The first-order valence-corrected chi connectivity index (χ1v) is 10.3. The summed E-state index contributed by atoms with van der Waals surface area (Å²) in [5.74, 6) is 2.19. The van der Waals surface area contributed by atoms with Gasteiger partial charge in [-0.15, -0.1) is 0 Å². The van der Waals surface area contributed by atoms with Gasteiger partial charge in [-0.1, -0.05) is 27.7 Å². The molecule has 0 aromatic carbocycles. The maximum atomic E-state index is 12.6. The fourth-order valence-electron chi connectivity index (χ4n) is 5.98. The molecule has 4 nitrogen and oxygen atoms in total. The summed E-state index contributed by atoms with van der Waals surface area (Å²) in [6.07, 6.45) is 7.94. The second-order valence-corrected chi connectivity index (χ2v) is 8.86. The Balaban J connectivity index is 1.70. The van der Waals surface area contributed by atoms with Crippen molar-refractivity contribution in [2.75, 3.05) is 6.61 Å². The van der Waals surface area contributed by atoms with E-state index in [9.17, 15) is 9.59 Å². The normalized spacial score (nSPS) is 38.2. The van der Waals surface area contributed by atoms with Crippen molar-refractivity contribution < 1.29 is 19.1 Å². The lowest BCUT2D eigenvalue weighted by molar-refractivity contribution is -0.230. The Morgan fingerprint density at radius 3 is 2.00 bits per heavy atom. The smallest absolute Gasteiger partial charge is 0.344 e. The zero-order valence-electron chi connectivity index (χ0n) is 16.3. The summed E-state index contributed by atoms with van der Waals surface area (Å²) >= 11 is 0. The van der Waals surface area contributed by atoms with Crippen LogP contribution in [-0.4, -0.2) is 24.1 Å². The average molecular weight is 350 g/mol. The Morgan fingerprint density at radius 2 is 1.52 bits per heavy atom. The van der Waals surface area contributed by atoms with Crippen LogP contribution in [0.4, 0.5) is 0 Å². The van der Waals surface area contributed by atoms with Crippen LogP contribution in [-0.2, 0) is 19.1 Å². The van der Waals surface area contributed by atoms with Crippen LogP contribution in [0.25, 0.3) is 0 Å². The maximum absolute atomic E-state index is 12.6. The first kappa shape index (κ1) is 18.7. The van der Waals surface area contributed by atoms with Crippen LogP contribution in [0.5, 0.6) is 0 Å². The van der Waals surface area contributed by atoms with Gasteiger partial charge in [-0.25, -0.2) is 4.79 Å². The maximum Gasteiger partial charge on any atom is 0.344 e. The Morgan fingerprint density at radius 1 is 0.960 bits per heavy atom.